The van der Waals surface area contributed by atoms with Gasteiger partial charge < -0.3 is 39.2 Å². The minimum atomic E-state index is -0.286. The van der Waals surface area contributed by atoms with Gasteiger partial charge in [-0.2, -0.15) is 0 Å². The lowest BCUT2D eigenvalue weighted by Crippen LogP contribution is -2.36. The Morgan fingerprint density at radius 2 is 1.78 bits per heavy atom. The van der Waals surface area contributed by atoms with Gasteiger partial charge in [-0.15, -0.1) is 0 Å². The van der Waals surface area contributed by atoms with Gasteiger partial charge in [0, 0.05) is 66.2 Å². The number of amides is 1. The molecule has 0 radical (unpaired) electrons. The van der Waals surface area contributed by atoms with Crippen molar-refractivity contribution >= 4 is 51.4 Å². The van der Waals surface area contributed by atoms with Crippen molar-refractivity contribution < 1.29 is 19.0 Å². The molecule has 0 aliphatic carbocycles. The van der Waals surface area contributed by atoms with Gasteiger partial charge in [0.15, 0.2) is 0 Å². The Kier molecular flexibility index (Phi) is 11.2. The number of halogens is 1. The summed E-state index contributed by atoms with van der Waals surface area (Å²) in [6.07, 6.45) is 6.84. The third-order valence-corrected chi connectivity index (χ3v) is 8.78. The number of benzene rings is 2. The van der Waals surface area contributed by atoms with E-state index in [4.69, 9.17) is 25.8 Å². The maximum absolute atomic E-state index is 14.5. The zero-order valence-corrected chi connectivity index (χ0v) is 29.7. The molecule has 1 aliphatic heterocycles. The number of methoxy groups -OCH3 is 2. The Bertz CT molecular complexity index is 2110. The standard InChI is InChI=1S/C38H40ClN7O5/c1-44(2)12-6-9-36(47)42-27-8-5-7-25(17-27)24-46-32-21-35(43-34-11-10-28(23-41-34)45-13-15-51-16-14-45)40-22-26(32)18-31(38(46)48)30-19-29(49-3)20-33(50-4)37(30)39/h5-11,17-23H,12-16,24H2,1-4H3,(H,42,47)(H,40,41,43)/b9-6+. The van der Waals surface area contributed by atoms with Crippen molar-refractivity contribution in [2.75, 3.05) is 76.7 Å². The molecule has 0 bridgehead atoms. The van der Waals surface area contributed by atoms with Crippen LogP contribution in [0.5, 0.6) is 11.5 Å². The van der Waals surface area contributed by atoms with E-state index in [1.54, 1.807) is 42.1 Å². The highest BCUT2D eigenvalue weighted by Gasteiger charge is 2.19. The van der Waals surface area contributed by atoms with Gasteiger partial charge >= 0.3 is 0 Å². The molecular weight excluding hydrogens is 670 g/mol. The molecule has 0 unspecified atom stereocenters. The van der Waals surface area contributed by atoms with Gasteiger partial charge in [0.1, 0.15) is 23.1 Å². The van der Waals surface area contributed by atoms with Crippen LogP contribution in [-0.2, 0) is 16.1 Å². The monoisotopic (exact) mass is 709 g/mol. The molecular formula is C38H40ClN7O5. The largest absolute Gasteiger partial charge is 0.497 e. The van der Waals surface area contributed by atoms with E-state index < -0.39 is 0 Å². The van der Waals surface area contributed by atoms with Crippen molar-refractivity contribution in [3.8, 4) is 22.6 Å². The lowest BCUT2D eigenvalue weighted by molar-refractivity contribution is -0.111. The number of ether oxygens (including phenoxy) is 3. The normalized spacial score (nSPS) is 13.2. The molecule has 0 atom stereocenters. The number of pyridine rings is 3. The first kappa shape index (κ1) is 35.4. The first-order valence-electron chi connectivity index (χ1n) is 16.4. The number of nitrogens with one attached hydrogen (secondary N) is 2. The minimum Gasteiger partial charge on any atom is -0.497 e. The number of morpholine rings is 1. The number of rotatable bonds is 12. The van der Waals surface area contributed by atoms with Crippen molar-refractivity contribution in [3.05, 3.63) is 106 Å². The zero-order chi connectivity index (χ0) is 35.9. The van der Waals surface area contributed by atoms with Crippen LogP contribution in [0.2, 0.25) is 5.02 Å². The Morgan fingerprint density at radius 1 is 0.980 bits per heavy atom. The summed E-state index contributed by atoms with van der Waals surface area (Å²) < 4.78 is 18.1. The van der Waals surface area contributed by atoms with Crippen molar-refractivity contribution in [2.24, 2.45) is 0 Å². The van der Waals surface area contributed by atoms with Gasteiger partial charge in [0.2, 0.25) is 5.91 Å². The molecule has 6 rings (SSSR count). The number of nitrogens with zero attached hydrogens (tertiary/aromatic N) is 5. The van der Waals surface area contributed by atoms with E-state index in [0.29, 0.717) is 70.6 Å². The van der Waals surface area contributed by atoms with E-state index in [0.717, 1.165) is 24.3 Å². The van der Waals surface area contributed by atoms with Crippen LogP contribution in [0, 0.1) is 0 Å². The summed E-state index contributed by atoms with van der Waals surface area (Å²) in [6.45, 7) is 3.85. The van der Waals surface area contributed by atoms with Gasteiger partial charge in [-0.05, 0) is 56.1 Å². The number of hydrogen-bond acceptors (Lipinski definition) is 10. The summed E-state index contributed by atoms with van der Waals surface area (Å²) in [5, 5.41) is 7.19. The molecule has 1 amide bonds. The Morgan fingerprint density at radius 3 is 2.51 bits per heavy atom. The fourth-order valence-electron chi connectivity index (χ4n) is 5.81. The number of likely N-dealkylation sites (N-methyl/N-ethyl adjacent to an activating group) is 1. The fourth-order valence-corrected chi connectivity index (χ4v) is 6.10. The molecule has 3 aromatic heterocycles. The molecule has 51 heavy (non-hydrogen) atoms. The molecule has 264 valence electrons. The second-order valence-electron chi connectivity index (χ2n) is 12.2. The van der Waals surface area contributed by atoms with Gasteiger partial charge in [-0.25, -0.2) is 9.97 Å². The number of carbonyl (C=O) groups is 1. The lowest BCUT2D eigenvalue weighted by atomic mass is 10.0. The molecule has 0 spiro atoms. The topological polar surface area (TPSA) is 123 Å². The summed E-state index contributed by atoms with van der Waals surface area (Å²) in [5.74, 6) is 1.76. The fraction of sp³-hybridized carbons (Fsp3) is 0.263. The lowest BCUT2D eigenvalue weighted by Gasteiger charge is -2.28. The van der Waals surface area contributed by atoms with Gasteiger partial charge in [-0.3, -0.25) is 9.59 Å². The quantitative estimate of drug-likeness (QED) is 0.153. The second-order valence-corrected chi connectivity index (χ2v) is 12.6. The number of fused-ring (bicyclic) bond motifs is 1. The van der Waals surface area contributed by atoms with E-state index in [9.17, 15) is 9.59 Å². The van der Waals surface area contributed by atoms with Crippen molar-refractivity contribution in [2.45, 2.75) is 6.54 Å². The molecule has 12 nitrogen and oxygen atoms in total. The summed E-state index contributed by atoms with van der Waals surface area (Å²) in [5.41, 5.74) is 3.59. The van der Waals surface area contributed by atoms with Crippen LogP contribution in [-0.4, -0.2) is 86.5 Å². The number of aromatic nitrogens is 3. The first-order chi connectivity index (χ1) is 24.7. The number of hydrogen-bond donors (Lipinski definition) is 2. The van der Waals surface area contributed by atoms with Gasteiger partial charge in [0.05, 0.1) is 56.4 Å². The summed E-state index contributed by atoms with van der Waals surface area (Å²) in [4.78, 5) is 40.6. The van der Waals surface area contributed by atoms with Crippen LogP contribution >= 0.6 is 11.6 Å². The average molecular weight is 710 g/mol. The first-order valence-corrected chi connectivity index (χ1v) is 16.8. The van der Waals surface area contributed by atoms with Gasteiger partial charge in [0.25, 0.3) is 5.56 Å². The van der Waals surface area contributed by atoms with Crippen LogP contribution in [0.4, 0.5) is 23.0 Å². The molecule has 5 aromatic rings. The van der Waals surface area contributed by atoms with Crippen LogP contribution in [0.25, 0.3) is 22.0 Å². The third kappa shape index (κ3) is 8.48. The van der Waals surface area contributed by atoms with Crippen LogP contribution in [0.3, 0.4) is 0 Å². The summed E-state index contributed by atoms with van der Waals surface area (Å²) >= 11 is 6.79. The Balaban J connectivity index is 1.38. The third-order valence-electron chi connectivity index (χ3n) is 8.39. The molecule has 0 saturated carbocycles. The zero-order valence-electron chi connectivity index (χ0n) is 29.0. The minimum absolute atomic E-state index is 0.192. The highest BCUT2D eigenvalue weighted by Crippen LogP contribution is 2.39. The Labute approximate surface area is 301 Å². The molecule has 4 heterocycles. The van der Waals surface area contributed by atoms with Crippen LogP contribution in [0.1, 0.15) is 5.56 Å². The van der Waals surface area contributed by atoms with Crippen LogP contribution < -0.4 is 30.6 Å². The van der Waals surface area contributed by atoms with E-state index in [1.807, 2.05) is 67.7 Å². The average Bonchev–Trinajstić information content (AvgIpc) is 3.13. The van der Waals surface area contributed by atoms with E-state index in [2.05, 4.69) is 25.5 Å². The smallest absolute Gasteiger partial charge is 0.259 e. The molecule has 1 saturated heterocycles. The number of carbonyl (C=O) groups excluding carboxylic acids is 1. The van der Waals surface area contributed by atoms with Crippen LogP contribution in [0.15, 0.2) is 90.0 Å². The van der Waals surface area contributed by atoms with Crippen molar-refractivity contribution in [3.63, 3.8) is 0 Å². The molecule has 1 fully saturated rings. The highest BCUT2D eigenvalue weighted by atomic mass is 35.5. The predicted molar refractivity (Wildman–Crippen MR) is 202 cm³/mol. The van der Waals surface area contributed by atoms with E-state index in [-0.39, 0.29) is 23.0 Å². The molecule has 1 aliphatic rings. The maximum atomic E-state index is 14.5. The predicted octanol–water partition coefficient (Wildman–Crippen LogP) is 5.81. The summed E-state index contributed by atoms with van der Waals surface area (Å²) in [6, 6.07) is 18.3. The molecule has 2 aromatic carbocycles. The van der Waals surface area contributed by atoms with Gasteiger partial charge in [-0.1, -0.05) is 29.8 Å². The molecule has 13 heteroatoms. The molecule has 2 N–H and O–H groups in total. The SMILES string of the molecule is COc1cc(OC)c(Cl)c(-c2cc3cnc(Nc4ccc(N5CCOCC5)cn4)cc3n(Cc3cccc(NC(=O)/C=C/CN(C)C)c3)c2=O)c1. The summed E-state index contributed by atoms with van der Waals surface area (Å²) in [7, 11) is 6.91. The van der Waals surface area contributed by atoms with E-state index in [1.165, 1.54) is 13.2 Å². The Hall–Kier alpha value is -5.43. The van der Waals surface area contributed by atoms with Crippen molar-refractivity contribution in [1.82, 2.24) is 19.4 Å². The second kappa shape index (κ2) is 16.1. The highest BCUT2D eigenvalue weighted by molar-refractivity contribution is 6.35. The van der Waals surface area contributed by atoms with Crippen molar-refractivity contribution in [1.29, 1.82) is 0 Å². The number of anilines is 4. The maximum Gasteiger partial charge on any atom is 0.259 e. The van der Waals surface area contributed by atoms with E-state index >= 15 is 0 Å².